The van der Waals surface area contributed by atoms with Crippen LogP contribution >= 0.6 is 0 Å². The maximum absolute atomic E-state index is 12.6. The van der Waals surface area contributed by atoms with E-state index < -0.39 is 23.9 Å². The third-order valence-electron chi connectivity index (χ3n) is 3.01. The monoisotopic (exact) mass is 310 g/mol. The Bertz CT molecular complexity index is 652. The molecule has 0 radical (unpaired) electrons. The van der Waals surface area contributed by atoms with E-state index in [0.29, 0.717) is 6.29 Å². The first-order valence-electron chi connectivity index (χ1n) is 6.44. The van der Waals surface area contributed by atoms with Gasteiger partial charge in [0.25, 0.3) is 0 Å². The lowest BCUT2D eigenvalue weighted by Crippen LogP contribution is -2.13. The first-order valence-corrected chi connectivity index (χ1v) is 6.44. The summed E-state index contributed by atoms with van der Waals surface area (Å²) in [5.41, 5.74) is 0.138. The van der Waals surface area contributed by atoms with Gasteiger partial charge in [-0.3, -0.25) is 4.79 Å². The van der Waals surface area contributed by atoms with Crippen molar-refractivity contribution < 1.29 is 27.8 Å². The number of phenols is 1. The van der Waals surface area contributed by atoms with Gasteiger partial charge in [-0.1, -0.05) is 30.3 Å². The fourth-order valence-corrected chi connectivity index (χ4v) is 1.97. The molecule has 1 N–H and O–H groups in total. The molecule has 2 aromatic rings. The predicted molar refractivity (Wildman–Crippen MR) is 74.0 cm³/mol. The van der Waals surface area contributed by atoms with Gasteiger partial charge in [-0.15, -0.1) is 0 Å². The Hall–Kier alpha value is -2.50. The molecule has 22 heavy (non-hydrogen) atoms. The van der Waals surface area contributed by atoms with Crippen molar-refractivity contribution in [2.24, 2.45) is 0 Å². The van der Waals surface area contributed by atoms with Crippen LogP contribution in [0, 0.1) is 0 Å². The van der Waals surface area contributed by atoms with Crippen molar-refractivity contribution in [2.45, 2.75) is 19.2 Å². The average Bonchev–Trinajstić information content (AvgIpc) is 2.48. The van der Waals surface area contributed by atoms with Gasteiger partial charge in [-0.2, -0.15) is 13.2 Å². The zero-order valence-corrected chi connectivity index (χ0v) is 11.4. The molecule has 0 aliphatic rings. The number of alkyl halides is 3. The maximum Gasteiger partial charge on any atom is 0.393 e. The second-order valence-corrected chi connectivity index (χ2v) is 4.66. The molecule has 0 heterocycles. The molecule has 0 spiro atoms. The van der Waals surface area contributed by atoms with Gasteiger partial charge in [0.2, 0.25) is 0 Å². The van der Waals surface area contributed by atoms with E-state index in [1.165, 1.54) is 12.1 Å². The summed E-state index contributed by atoms with van der Waals surface area (Å²) < 4.78 is 43.3. The van der Waals surface area contributed by atoms with Crippen molar-refractivity contribution in [1.29, 1.82) is 0 Å². The van der Waals surface area contributed by atoms with E-state index in [4.69, 9.17) is 4.74 Å². The number of phenolic OH excluding ortho intramolecular Hbond substituents is 1. The van der Waals surface area contributed by atoms with Gasteiger partial charge in [-0.05, 0) is 17.7 Å². The number of halogens is 3. The minimum atomic E-state index is -4.52. The van der Waals surface area contributed by atoms with Crippen LogP contribution in [0.15, 0.2) is 42.5 Å². The third kappa shape index (κ3) is 4.00. The standard InChI is InChI=1S/C16H13F3O3/c17-16(18,19)8-13-14(7-6-12(9-20)15(13)21)22-10-11-4-2-1-3-5-11/h1-7,9,21H,8,10H2. The number of aldehydes is 1. The van der Waals surface area contributed by atoms with E-state index in [1.54, 1.807) is 24.3 Å². The first-order chi connectivity index (χ1) is 10.4. The number of hydrogen-bond acceptors (Lipinski definition) is 3. The average molecular weight is 310 g/mol. The molecule has 0 aliphatic heterocycles. The van der Waals surface area contributed by atoms with Crippen molar-refractivity contribution in [3.63, 3.8) is 0 Å². The quantitative estimate of drug-likeness (QED) is 0.852. The molecular weight excluding hydrogens is 297 g/mol. The van der Waals surface area contributed by atoms with Gasteiger partial charge in [0.05, 0.1) is 12.0 Å². The van der Waals surface area contributed by atoms with Crippen LogP contribution in [-0.2, 0) is 13.0 Å². The van der Waals surface area contributed by atoms with Crippen molar-refractivity contribution in [1.82, 2.24) is 0 Å². The summed E-state index contributed by atoms with van der Waals surface area (Å²) in [5, 5.41) is 9.82. The normalized spacial score (nSPS) is 11.2. The SMILES string of the molecule is O=Cc1ccc(OCc2ccccc2)c(CC(F)(F)F)c1O. The van der Waals surface area contributed by atoms with Crippen LogP contribution in [0.25, 0.3) is 0 Å². The number of ether oxygens (including phenoxy) is 1. The number of rotatable bonds is 5. The molecule has 6 heteroatoms. The third-order valence-corrected chi connectivity index (χ3v) is 3.01. The topological polar surface area (TPSA) is 46.5 Å². The Morgan fingerprint density at radius 1 is 1.09 bits per heavy atom. The molecule has 0 saturated carbocycles. The molecule has 0 aromatic heterocycles. The van der Waals surface area contributed by atoms with Crippen LogP contribution in [0.3, 0.4) is 0 Å². The zero-order valence-electron chi connectivity index (χ0n) is 11.4. The fraction of sp³-hybridized carbons (Fsp3) is 0.188. The Morgan fingerprint density at radius 3 is 2.36 bits per heavy atom. The van der Waals surface area contributed by atoms with Gasteiger partial charge >= 0.3 is 6.18 Å². The lowest BCUT2D eigenvalue weighted by Gasteiger charge is -2.15. The van der Waals surface area contributed by atoms with E-state index in [1.807, 2.05) is 6.07 Å². The molecule has 0 amide bonds. The Labute approximate surface area is 125 Å². The highest BCUT2D eigenvalue weighted by Gasteiger charge is 2.31. The second kappa shape index (κ2) is 6.51. The molecule has 3 nitrogen and oxygen atoms in total. The second-order valence-electron chi connectivity index (χ2n) is 4.66. The summed E-state index contributed by atoms with van der Waals surface area (Å²) >= 11 is 0. The minimum absolute atomic E-state index is 0.0611. The minimum Gasteiger partial charge on any atom is -0.507 e. The van der Waals surface area contributed by atoms with Crippen molar-refractivity contribution in [3.05, 3.63) is 59.2 Å². The number of hydrogen-bond donors (Lipinski definition) is 1. The summed E-state index contributed by atoms with van der Waals surface area (Å²) in [5.74, 6) is -0.790. The van der Waals surface area contributed by atoms with Gasteiger partial charge < -0.3 is 9.84 Å². The number of carbonyl (C=O) groups excluding carboxylic acids is 1. The van der Waals surface area contributed by atoms with Gasteiger partial charge in [0, 0.05) is 5.56 Å². The van der Waals surface area contributed by atoms with Crippen LogP contribution in [0.2, 0.25) is 0 Å². The fourth-order valence-electron chi connectivity index (χ4n) is 1.97. The molecule has 116 valence electrons. The van der Waals surface area contributed by atoms with E-state index in [0.717, 1.165) is 5.56 Å². The molecule has 0 unspecified atom stereocenters. The van der Waals surface area contributed by atoms with Crippen molar-refractivity contribution in [3.8, 4) is 11.5 Å². The zero-order chi connectivity index (χ0) is 16.2. The van der Waals surface area contributed by atoms with Crippen LogP contribution < -0.4 is 4.74 Å². The highest BCUT2D eigenvalue weighted by molar-refractivity contribution is 5.81. The summed E-state index contributed by atoms with van der Waals surface area (Å²) in [6, 6.07) is 11.4. The lowest BCUT2D eigenvalue weighted by atomic mass is 10.0. The highest BCUT2D eigenvalue weighted by Crippen LogP contribution is 2.36. The highest BCUT2D eigenvalue weighted by atomic mass is 19.4. The van der Waals surface area contributed by atoms with Crippen molar-refractivity contribution >= 4 is 6.29 Å². The predicted octanol–water partition coefficient (Wildman–Crippen LogP) is 3.89. The molecule has 0 atom stereocenters. The molecule has 0 saturated heterocycles. The van der Waals surface area contributed by atoms with Crippen LogP contribution in [-0.4, -0.2) is 17.6 Å². The molecule has 0 fully saturated rings. The summed E-state index contributed by atoms with van der Waals surface area (Å²) in [7, 11) is 0. The molecule has 2 rings (SSSR count). The van der Waals surface area contributed by atoms with Crippen LogP contribution in [0.1, 0.15) is 21.5 Å². The van der Waals surface area contributed by atoms with Crippen LogP contribution in [0.5, 0.6) is 11.5 Å². The maximum atomic E-state index is 12.6. The van der Waals surface area contributed by atoms with E-state index in [-0.39, 0.29) is 17.9 Å². The van der Waals surface area contributed by atoms with E-state index >= 15 is 0 Å². The molecule has 0 aliphatic carbocycles. The number of carbonyl (C=O) groups is 1. The summed E-state index contributed by atoms with van der Waals surface area (Å²) in [6.07, 6.45) is -5.59. The van der Waals surface area contributed by atoms with Crippen LogP contribution in [0.4, 0.5) is 13.2 Å². The summed E-state index contributed by atoms with van der Waals surface area (Å²) in [4.78, 5) is 10.8. The molecule has 2 aromatic carbocycles. The van der Waals surface area contributed by atoms with E-state index in [2.05, 4.69) is 0 Å². The molecular formula is C16H13F3O3. The molecule has 0 bridgehead atoms. The summed E-state index contributed by atoms with van der Waals surface area (Å²) in [6.45, 7) is 0.0611. The van der Waals surface area contributed by atoms with E-state index in [9.17, 15) is 23.1 Å². The largest absolute Gasteiger partial charge is 0.507 e. The number of aromatic hydroxyl groups is 1. The van der Waals surface area contributed by atoms with Gasteiger partial charge in [-0.25, -0.2) is 0 Å². The first kappa shape index (κ1) is 15.9. The smallest absolute Gasteiger partial charge is 0.393 e. The van der Waals surface area contributed by atoms with Crippen molar-refractivity contribution in [2.75, 3.05) is 0 Å². The Balaban J connectivity index is 2.29. The van der Waals surface area contributed by atoms with Gasteiger partial charge in [0.1, 0.15) is 18.1 Å². The Morgan fingerprint density at radius 2 is 1.77 bits per heavy atom. The lowest BCUT2D eigenvalue weighted by molar-refractivity contribution is -0.127. The number of benzene rings is 2. The Kier molecular flexibility index (Phi) is 4.70. The van der Waals surface area contributed by atoms with Gasteiger partial charge in [0.15, 0.2) is 6.29 Å².